The Balaban J connectivity index is 1.18. The summed E-state index contributed by atoms with van der Waals surface area (Å²) in [6.07, 6.45) is 3.57. The van der Waals surface area contributed by atoms with Gasteiger partial charge in [0.15, 0.2) is 0 Å². The molecule has 51 heavy (non-hydrogen) atoms. The Morgan fingerprint density at radius 1 is 1.00 bits per heavy atom. The second-order valence-corrected chi connectivity index (χ2v) is 14.4. The molecule has 0 radical (unpaired) electrons. The third-order valence-corrected chi connectivity index (χ3v) is 10.3. The van der Waals surface area contributed by atoms with E-state index in [1.165, 1.54) is 27.2 Å². The van der Waals surface area contributed by atoms with Crippen molar-refractivity contribution in [2.45, 2.75) is 114 Å². The van der Waals surface area contributed by atoms with Crippen LogP contribution in [0.4, 0.5) is 0 Å². The molecule has 2 fully saturated rings. The number of nitrogens with one attached hydrogen (secondary N) is 1. The largest absolute Gasteiger partial charge is 0.490 e. The van der Waals surface area contributed by atoms with Crippen LogP contribution < -0.4 is 10.1 Å². The van der Waals surface area contributed by atoms with Crippen molar-refractivity contribution in [1.29, 1.82) is 0 Å². The summed E-state index contributed by atoms with van der Waals surface area (Å²) in [4.78, 5) is 19.0. The van der Waals surface area contributed by atoms with Crippen molar-refractivity contribution < 1.29 is 40.2 Å². The second kappa shape index (κ2) is 17.9. The van der Waals surface area contributed by atoms with Crippen molar-refractivity contribution in [2.75, 3.05) is 26.3 Å². The van der Waals surface area contributed by atoms with Gasteiger partial charge in [-0.05, 0) is 97.7 Å². The third kappa shape index (κ3) is 10.1. The number of rotatable bonds is 21. The van der Waals surface area contributed by atoms with Gasteiger partial charge in [0.05, 0.1) is 12.7 Å². The molecule has 11 heteroatoms. The molecule has 0 saturated heterocycles. The lowest BCUT2D eigenvalue weighted by Gasteiger charge is -2.30. The molecule has 0 bridgehead atoms. The van der Waals surface area contributed by atoms with Crippen LogP contribution in [0.1, 0.15) is 86.5 Å². The normalized spacial score (nSPS) is 18.0. The zero-order valence-electron chi connectivity index (χ0n) is 29.8. The molecular formula is C40H55N3O8. The van der Waals surface area contributed by atoms with Gasteiger partial charge in [-0.25, -0.2) is 0 Å². The number of aromatic nitrogens is 1. The van der Waals surface area contributed by atoms with Crippen LogP contribution in [0.15, 0.2) is 60.9 Å². The van der Waals surface area contributed by atoms with Gasteiger partial charge >= 0.3 is 0 Å². The predicted octanol–water partition coefficient (Wildman–Crippen LogP) is 3.30. The molecule has 1 heterocycles. The first kappa shape index (κ1) is 38.8. The summed E-state index contributed by atoms with van der Waals surface area (Å²) in [7, 11) is 0. The number of aliphatic hydroxyl groups is 6. The van der Waals surface area contributed by atoms with E-state index in [0.717, 1.165) is 49.0 Å². The number of carbonyl (C=O) groups excluding carboxylic acids is 1. The molecule has 5 unspecified atom stereocenters. The lowest BCUT2D eigenvalue weighted by atomic mass is 9.91. The van der Waals surface area contributed by atoms with Gasteiger partial charge in [-0.2, -0.15) is 0 Å². The van der Waals surface area contributed by atoms with Crippen LogP contribution in [-0.2, 0) is 16.9 Å². The second-order valence-electron chi connectivity index (χ2n) is 14.4. The molecule has 0 aliphatic heterocycles. The van der Waals surface area contributed by atoms with Crippen molar-refractivity contribution >= 4 is 5.91 Å². The first-order chi connectivity index (χ1) is 24.6. The number of pyridine rings is 1. The highest BCUT2D eigenvalue weighted by Gasteiger charge is 2.46. The van der Waals surface area contributed by atoms with Gasteiger partial charge in [-0.3, -0.25) is 9.78 Å². The van der Waals surface area contributed by atoms with Gasteiger partial charge in [0.2, 0.25) is 5.91 Å². The van der Waals surface area contributed by atoms with Crippen molar-refractivity contribution in [1.82, 2.24) is 15.2 Å². The average Bonchev–Trinajstić information content (AvgIpc) is 4.09. The Morgan fingerprint density at radius 2 is 1.75 bits per heavy atom. The Hall–Kier alpha value is -3.42. The van der Waals surface area contributed by atoms with E-state index in [4.69, 9.17) is 9.84 Å². The molecule has 5 atom stereocenters. The van der Waals surface area contributed by atoms with Gasteiger partial charge in [0.1, 0.15) is 30.2 Å². The number of benzene rings is 2. The Labute approximate surface area is 300 Å². The van der Waals surface area contributed by atoms with Crippen LogP contribution >= 0.6 is 0 Å². The SMILES string of the molecule is Cc1ccc(C(C)CCCC(=O)N(CCCO)CC(O)C(O)C(O)C(O)CO)cc1CNC1(c2cnccc2-c2ccccc2OC2CC2)CC1. The summed E-state index contributed by atoms with van der Waals surface area (Å²) in [5.74, 6) is 0.874. The maximum absolute atomic E-state index is 13.1. The molecule has 2 aliphatic carbocycles. The number of ether oxygens (including phenoxy) is 1. The lowest BCUT2D eigenvalue weighted by Crippen LogP contribution is -2.50. The smallest absolute Gasteiger partial charge is 0.222 e. The summed E-state index contributed by atoms with van der Waals surface area (Å²) in [5.41, 5.74) is 6.90. The van der Waals surface area contributed by atoms with E-state index in [1.54, 1.807) is 0 Å². The van der Waals surface area contributed by atoms with E-state index in [-0.39, 0.29) is 43.5 Å². The number of nitrogens with zero attached hydrogens (tertiary/aromatic N) is 2. The van der Waals surface area contributed by atoms with Crippen LogP contribution in [0.2, 0.25) is 0 Å². The van der Waals surface area contributed by atoms with Crippen LogP contribution in [0.5, 0.6) is 5.75 Å². The summed E-state index contributed by atoms with van der Waals surface area (Å²) in [5, 5.41) is 62.6. The van der Waals surface area contributed by atoms with Crippen LogP contribution in [-0.4, -0.2) is 103 Å². The van der Waals surface area contributed by atoms with Gasteiger partial charge in [0.25, 0.3) is 0 Å². The Kier molecular flexibility index (Phi) is 13.6. The molecule has 2 aliphatic rings. The van der Waals surface area contributed by atoms with E-state index in [0.29, 0.717) is 25.5 Å². The fraction of sp³-hybridized carbons (Fsp3) is 0.550. The van der Waals surface area contributed by atoms with Crippen LogP contribution in [0.3, 0.4) is 0 Å². The Bertz CT molecular complexity index is 1580. The number of carbonyl (C=O) groups is 1. The lowest BCUT2D eigenvalue weighted by molar-refractivity contribution is -0.140. The third-order valence-electron chi connectivity index (χ3n) is 10.3. The highest BCUT2D eigenvalue weighted by Crippen LogP contribution is 2.50. The molecule has 2 aromatic carbocycles. The molecule has 3 aromatic rings. The topological polar surface area (TPSA) is 176 Å². The van der Waals surface area contributed by atoms with Crippen molar-refractivity contribution in [3.05, 3.63) is 83.2 Å². The predicted molar refractivity (Wildman–Crippen MR) is 194 cm³/mol. The molecule has 11 nitrogen and oxygen atoms in total. The number of aryl methyl sites for hydroxylation is 1. The minimum Gasteiger partial charge on any atom is -0.490 e. The van der Waals surface area contributed by atoms with Crippen molar-refractivity contribution in [3.8, 4) is 16.9 Å². The first-order valence-electron chi connectivity index (χ1n) is 18.3. The van der Waals surface area contributed by atoms with Crippen LogP contribution in [0, 0.1) is 6.92 Å². The number of aliphatic hydroxyl groups excluding tert-OH is 6. The number of amides is 1. The fourth-order valence-electron chi connectivity index (χ4n) is 6.65. The molecule has 2 saturated carbocycles. The van der Waals surface area contributed by atoms with Crippen molar-refractivity contribution in [3.63, 3.8) is 0 Å². The minimum atomic E-state index is -1.77. The van der Waals surface area contributed by atoms with E-state index in [2.05, 4.69) is 66.6 Å². The summed E-state index contributed by atoms with van der Waals surface area (Å²) >= 11 is 0. The molecule has 5 rings (SSSR count). The van der Waals surface area contributed by atoms with Gasteiger partial charge in [-0.1, -0.05) is 43.3 Å². The maximum atomic E-state index is 13.1. The minimum absolute atomic E-state index is 0.149. The standard InChI is InChI=1S/C40H55N3O8/c1-26(7-5-10-37(48)43(19-6-20-44)24-34(46)38(49)39(50)35(47)25-45)28-12-11-27(2)29(21-28)22-42-40(16-17-40)33-23-41-18-15-31(33)32-8-3-4-9-36(32)51-30-13-14-30/h3-4,8-9,11-12,15,18,21,23,26,30,34-35,38-39,42,44-47,49-50H,5-7,10,13-14,16-17,19-20,22,24-25H2,1-2H3. The van der Waals surface area contributed by atoms with E-state index < -0.39 is 31.0 Å². The molecule has 1 amide bonds. The molecular weight excluding hydrogens is 650 g/mol. The monoisotopic (exact) mass is 705 g/mol. The van der Waals surface area contributed by atoms with Gasteiger partial charge < -0.3 is 45.6 Å². The zero-order chi connectivity index (χ0) is 36.5. The summed E-state index contributed by atoms with van der Waals surface area (Å²) in [6, 6.07) is 16.9. The number of hydrogen-bond acceptors (Lipinski definition) is 10. The van der Waals surface area contributed by atoms with Gasteiger partial charge in [-0.15, -0.1) is 0 Å². The quantitative estimate of drug-likeness (QED) is 0.0871. The van der Waals surface area contributed by atoms with E-state index in [1.807, 2.05) is 18.5 Å². The average molecular weight is 706 g/mol. The number of para-hydroxylation sites is 1. The van der Waals surface area contributed by atoms with E-state index in [9.17, 15) is 30.3 Å². The highest BCUT2D eigenvalue weighted by molar-refractivity contribution is 5.76. The molecule has 0 spiro atoms. The zero-order valence-corrected chi connectivity index (χ0v) is 29.8. The highest BCUT2D eigenvalue weighted by atomic mass is 16.5. The van der Waals surface area contributed by atoms with E-state index >= 15 is 0 Å². The number of hydrogen-bond donors (Lipinski definition) is 7. The molecule has 1 aromatic heterocycles. The maximum Gasteiger partial charge on any atom is 0.222 e. The van der Waals surface area contributed by atoms with Crippen molar-refractivity contribution in [2.24, 2.45) is 0 Å². The molecule has 278 valence electrons. The molecule has 7 N–H and O–H groups in total. The fourth-order valence-corrected chi connectivity index (χ4v) is 6.65. The van der Waals surface area contributed by atoms with Gasteiger partial charge in [0, 0.05) is 56.2 Å². The Morgan fingerprint density at radius 3 is 2.45 bits per heavy atom. The summed E-state index contributed by atoms with van der Waals surface area (Å²) < 4.78 is 6.28. The summed E-state index contributed by atoms with van der Waals surface area (Å²) in [6.45, 7) is 3.94. The van der Waals surface area contributed by atoms with Crippen LogP contribution in [0.25, 0.3) is 11.1 Å². The first-order valence-corrected chi connectivity index (χ1v) is 18.3.